The molecule has 1 N–H and O–H groups in total. The molecule has 0 aliphatic carbocycles. The first-order valence-corrected chi connectivity index (χ1v) is 6.50. The van der Waals surface area contributed by atoms with Crippen LogP contribution in [0.4, 0.5) is 11.5 Å². The molecule has 112 valence electrons. The monoisotopic (exact) mass is 291 g/mol. The van der Waals surface area contributed by atoms with Gasteiger partial charge in [-0.1, -0.05) is 13.0 Å². The van der Waals surface area contributed by atoms with Crippen LogP contribution in [0.1, 0.15) is 18.2 Å². The predicted molar refractivity (Wildman–Crippen MR) is 77.4 cm³/mol. The van der Waals surface area contributed by atoms with E-state index in [4.69, 9.17) is 4.74 Å². The zero-order chi connectivity index (χ0) is 15.4. The van der Waals surface area contributed by atoms with Crippen LogP contribution in [0.3, 0.4) is 0 Å². The normalized spacial score (nSPS) is 10.4. The van der Waals surface area contributed by atoms with Crippen molar-refractivity contribution < 1.29 is 9.66 Å². The molecule has 0 aromatic carbocycles. The summed E-state index contributed by atoms with van der Waals surface area (Å²) in [6.45, 7) is 2.20. The van der Waals surface area contributed by atoms with E-state index in [9.17, 15) is 10.1 Å². The lowest BCUT2D eigenvalue weighted by molar-refractivity contribution is -0.384. The molecular weight excluding hydrogens is 274 g/mol. The number of methoxy groups -OCH3 is 1. The van der Waals surface area contributed by atoms with Crippen molar-refractivity contribution in [2.75, 3.05) is 12.4 Å². The fraction of sp³-hybridized carbons (Fsp3) is 0.385. The van der Waals surface area contributed by atoms with E-state index in [1.54, 1.807) is 19.3 Å². The lowest BCUT2D eigenvalue weighted by atomic mass is 10.2. The van der Waals surface area contributed by atoms with E-state index in [1.807, 2.05) is 13.0 Å². The summed E-state index contributed by atoms with van der Waals surface area (Å²) in [7, 11) is 3.21. The number of pyridine rings is 1. The van der Waals surface area contributed by atoms with Crippen LogP contribution in [0, 0.1) is 10.1 Å². The summed E-state index contributed by atoms with van der Waals surface area (Å²) >= 11 is 0. The Labute approximate surface area is 121 Å². The third-order valence-electron chi connectivity index (χ3n) is 3.10. The Morgan fingerprint density at radius 1 is 1.52 bits per heavy atom. The maximum absolute atomic E-state index is 11.2. The van der Waals surface area contributed by atoms with E-state index >= 15 is 0 Å². The van der Waals surface area contributed by atoms with Gasteiger partial charge in [0.15, 0.2) is 0 Å². The molecule has 2 rings (SSSR count). The highest BCUT2D eigenvalue weighted by Gasteiger charge is 2.25. The number of hydrogen-bond acceptors (Lipinski definition) is 6. The van der Waals surface area contributed by atoms with E-state index < -0.39 is 4.92 Å². The second-order valence-electron chi connectivity index (χ2n) is 4.40. The van der Waals surface area contributed by atoms with E-state index in [1.165, 1.54) is 11.8 Å². The molecule has 2 aromatic rings. The number of aryl methyl sites for hydroxylation is 2. The molecule has 0 unspecified atom stereocenters. The van der Waals surface area contributed by atoms with Gasteiger partial charge >= 0.3 is 5.69 Å². The van der Waals surface area contributed by atoms with Crippen molar-refractivity contribution in [1.29, 1.82) is 0 Å². The highest BCUT2D eigenvalue weighted by molar-refractivity contribution is 5.60. The Morgan fingerprint density at radius 2 is 2.29 bits per heavy atom. The van der Waals surface area contributed by atoms with E-state index in [0.29, 0.717) is 30.4 Å². The standard InChI is InChI=1S/C13H17N5O3/c1-4-10-11(18(19)20)12(17(2)16-10)15-8-9-6-5-7-14-13(9)21-3/h5-7,15H,4,8H2,1-3H3. The highest BCUT2D eigenvalue weighted by Crippen LogP contribution is 2.29. The molecule has 0 aliphatic rings. The lowest BCUT2D eigenvalue weighted by Gasteiger charge is -2.09. The summed E-state index contributed by atoms with van der Waals surface area (Å²) in [5, 5.41) is 18.4. The molecule has 0 radical (unpaired) electrons. The maximum atomic E-state index is 11.2. The Hall–Kier alpha value is -2.64. The van der Waals surface area contributed by atoms with Gasteiger partial charge in [-0.2, -0.15) is 5.10 Å². The molecule has 0 amide bonds. The van der Waals surface area contributed by atoms with E-state index in [-0.39, 0.29) is 5.69 Å². The van der Waals surface area contributed by atoms with Gasteiger partial charge in [0.25, 0.3) is 0 Å². The molecule has 0 aliphatic heterocycles. The lowest BCUT2D eigenvalue weighted by Crippen LogP contribution is -2.08. The molecule has 0 saturated carbocycles. The van der Waals surface area contributed by atoms with Gasteiger partial charge in [0.05, 0.1) is 12.0 Å². The van der Waals surface area contributed by atoms with Crippen LogP contribution >= 0.6 is 0 Å². The number of aromatic nitrogens is 3. The summed E-state index contributed by atoms with van der Waals surface area (Å²) in [6, 6.07) is 3.64. The number of nitrogens with zero attached hydrogens (tertiary/aromatic N) is 4. The second kappa shape index (κ2) is 6.21. The van der Waals surface area contributed by atoms with Crippen molar-refractivity contribution in [2.45, 2.75) is 19.9 Å². The fourth-order valence-corrected chi connectivity index (χ4v) is 2.12. The van der Waals surface area contributed by atoms with Crippen molar-refractivity contribution in [1.82, 2.24) is 14.8 Å². The Morgan fingerprint density at radius 3 is 2.90 bits per heavy atom. The second-order valence-corrected chi connectivity index (χ2v) is 4.40. The fourth-order valence-electron chi connectivity index (χ4n) is 2.12. The van der Waals surface area contributed by atoms with Crippen molar-refractivity contribution in [3.8, 4) is 5.88 Å². The molecule has 0 atom stereocenters. The van der Waals surface area contributed by atoms with Gasteiger partial charge in [0, 0.05) is 25.4 Å². The molecule has 2 heterocycles. The number of rotatable bonds is 6. The first-order valence-electron chi connectivity index (χ1n) is 6.50. The number of ether oxygens (including phenoxy) is 1. The van der Waals surface area contributed by atoms with Crippen molar-refractivity contribution in [2.24, 2.45) is 7.05 Å². The molecule has 2 aromatic heterocycles. The third kappa shape index (κ3) is 2.93. The predicted octanol–water partition coefficient (Wildman–Crippen LogP) is 1.91. The van der Waals surface area contributed by atoms with Gasteiger partial charge in [0.1, 0.15) is 5.69 Å². The van der Waals surface area contributed by atoms with Gasteiger partial charge in [-0.3, -0.25) is 10.1 Å². The first-order chi connectivity index (χ1) is 10.1. The van der Waals surface area contributed by atoms with E-state index in [2.05, 4.69) is 15.4 Å². The average Bonchev–Trinajstić information content (AvgIpc) is 2.81. The van der Waals surface area contributed by atoms with Crippen LogP contribution in [0.25, 0.3) is 0 Å². The van der Waals surface area contributed by atoms with Crippen LogP contribution in [-0.4, -0.2) is 26.8 Å². The molecule has 8 heteroatoms. The zero-order valence-corrected chi connectivity index (χ0v) is 12.2. The van der Waals surface area contributed by atoms with Gasteiger partial charge < -0.3 is 10.1 Å². The summed E-state index contributed by atoms with van der Waals surface area (Å²) in [4.78, 5) is 14.9. The average molecular weight is 291 g/mol. The minimum atomic E-state index is -0.408. The molecule has 0 bridgehead atoms. The molecule has 0 saturated heterocycles. The van der Waals surface area contributed by atoms with Gasteiger partial charge in [-0.25, -0.2) is 9.67 Å². The van der Waals surface area contributed by atoms with Gasteiger partial charge in [-0.15, -0.1) is 0 Å². The van der Waals surface area contributed by atoms with Crippen molar-refractivity contribution in [3.05, 3.63) is 39.7 Å². The molecule has 0 fully saturated rings. The van der Waals surface area contributed by atoms with Crippen LogP contribution in [0.5, 0.6) is 5.88 Å². The SMILES string of the molecule is CCc1nn(C)c(NCc2cccnc2OC)c1[N+](=O)[O-]. The number of anilines is 1. The number of nitro groups is 1. The summed E-state index contributed by atoms with van der Waals surface area (Å²) in [6.07, 6.45) is 2.13. The van der Waals surface area contributed by atoms with Crippen LogP contribution in [0.2, 0.25) is 0 Å². The number of hydrogen-bond donors (Lipinski definition) is 1. The third-order valence-corrected chi connectivity index (χ3v) is 3.10. The van der Waals surface area contributed by atoms with Crippen molar-refractivity contribution >= 4 is 11.5 Å². The van der Waals surface area contributed by atoms with Crippen LogP contribution in [-0.2, 0) is 20.0 Å². The minimum Gasteiger partial charge on any atom is -0.481 e. The summed E-state index contributed by atoms with van der Waals surface area (Å²) in [5.74, 6) is 0.869. The first kappa shape index (κ1) is 14.8. The molecular formula is C13H17N5O3. The molecule has 8 nitrogen and oxygen atoms in total. The quantitative estimate of drug-likeness (QED) is 0.645. The Balaban J connectivity index is 2.28. The van der Waals surface area contributed by atoms with Crippen LogP contribution in [0.15, 0.2) is 18.3 Å². The maximum Gasteiger partial charge on any atom is 0.333 e. The van der Waals surface area contributed by atoms with Crippen molar-refractivity contribution in [3.63, 3.8) is 0 Å². The van der Waals surface area contributed by atoms with Gasteiger partial charge in [-0.05, 0) is 12.5 Å². The van der Waals surface area contributed by atoms with E-state index in [0.717, 1.165) is 5.56 Å². The molecule has 0 spiro atoms. The smallest absolute Gasteiger partial charge is 0.333 e. The molecule has 21 heavy (non-hydrogen) atoms. The minimum absolute atomic E-state index is 0.0165. The Bertz CT molecular complexity index is 653. The highest BCUT2D eigenvalue weighted by atomic mass is 16.6. The summed E-state index contributed by atoms with van der Waals surface area (Å²) < 4.78 is 6.65. The number of nitrogens with one attached hydrogen (secondary N) is 1. The topological polar surface area (TPSA) is 95.1 Å². The zero-order valence-electron chi connectivity index (χ0n) is 12.2. The Kier molecular flexibility index (Phi) is 4.36. The van der Waals surface area contributed by atoms with Gasteiger partial charge in [0.2, 0.25) is 11.7 Å². The largest absolute Gasteiger partial charge is 0.481 e. The van der Waals surface area contributed by atoms with Crippen LogP contribution < -0.4 is 10.1 Å². The summed E-state index contributed by atoms with van der Waals surface area (Å²) in [5.41, 5.74) is 1.29.